The number of carbonyl (C=O) groups excluding carboxylic acids is 4. The van der Waals surface area contributed by atoms with E-state index in [0.29, 0.717) is 50.1 Å². The van der Waals surface area contributed by atoms with Gasteiger partial charge >= 0.3 is 0 Å². The van der Waals surface area contributed by atoms with Crippen LogP contribution in [0.5, 0.6) is 0 Å². The number of unbranched alkanes of at least 4 members (excludes halogenated alkanes) is 3. The van der Waals surface area contributed by atoms with Crippen LogP contribution < -0.4 is 33.1 Å². The molecule has 0 heterocycles. The van der Waals surface area contributed by atoms with Gasteiger partial charge in [0.1, 0.15) is 18.4 Å². The second-order valence-corrected chi connectivity index (χ2v) is 8.78. The van der Waals surface area contributed by atoms with Crippen molar-refractivity contribution in [1.82, 2.24) is 15.9 Å². The Balaban J connectivity index is 5.57. The standard InChI is InChI=1S/C24H47N7O4/c1-4-7-11-17(16-32)29-22(34)19(13-9-6-3)31-23(35)20(14-10-15-28-24(26)27)30-21(33)18(25)12-8-5-2/h16-20H,4-15,25H2,1-3H3,(H,29,34)(H,30,33)(H,31,35)(H4,26,27,28)/t17-,18+,19-,20-/m1/s1/i/hD. The van der Waals surface area contributed by atoms with Crippen LogP contribution in [0.25, 0.3) is 0 Å². The number of aliphatic imine (C=N–C) groups is 1. The molecule has 0 aromatic carbocycles. The topological polar surface area (TPSA) is 195 Å². The van der Waals surface area contributed by atoms with Crippen LogP contribution in [0.4, 0.5) is 0 Å². The van der Waals surface area contributed by atoms with Crippen molar-refractivity contribution in [3.05, 3.63) is 0 Å². The molecule has 3 amide bonds. The Hall–Kier alpha value is -2.69. The largest absolute Gasteiger partial charge is 0.370 e. The zero-order valence-corrected chi connectivity index (χ0v) is 21.6. The van der Waals surface area contributed by atoms with Gasteiger partial charge in [-0.1, -0.05) is 59.3 Å². The third-order valence-electron chi connectivity index (χ3n) is 5.55. The smallest absolute Gasteiger partial charge is 0.243 e. The maximum atomic E-state index is 13.2. The van der Waals surface area contributed by atoms with Gasteiger partial charge in [-0.2, -0.15) is 0 Å². The lowest BCUT2D eigenvalue weighted by Gasteiger charge is -2.25. The predicted molar refractivity (Wildman–Crippen MR) is 138 cm³/mol. The number of hydrogen-bond donors (Lipinski definition) is 6. The van der Waals surface area contributed by atoms with Gasteiger partial charge in [0.25, 0.3) is 0 Å². The van der Waals surface area contributed by atoms with Crippen molar-refractivity contribution in [2.75, 3.05) is 6.54 Å². The van der Waals surface area contributed by atoms with Gasteiger partial charge in [0, 0.05) is 6.54 Å². The molecule has 0 saturated heterocycles. The summed E-state index contributed by atoms with van der Waals surface area (Å²) in [6.45, 7) is 6.16. The molecule has 0 rings (SSSR count). The summed E-state index contributed by atoms with van der Waals surface area (Å²) in [6, 6.07) is -3.60. The quantitative estimate of drug-likeness (QED) is 0.0611. The van der Waals surface area contributed by atoms with E-state index in [4.69, 9.17) is 18.6 Å². The number of nitrogens with zero attached hydrogens (tertiary/aromatic N) is 1. The lowest BCUT2D eigenvalue weighted by atomic mass is 10.0. The average Bonchev–Trinajstić information content (AvgIpc) is 2.86. The molecule has 35 heavy (non-hydrogen) atoms. The molecule has 0 aliphatic rings. The SMILES string of the molecule is [2H]N(C(=O)[C@@H](CCCC)NC(=O)[C@@H](CCCN=C(N)N)NC(=O)[C@@H](N)CCCC)[C@@H](C=O)CCCC. The fourth-order valence-electron chi connectivity index (χ4n) is 3.37. The minimum atomic E-state index is -0.995. The van der Waals surface area contributed by atoms with Crippen LogP contribution in [0.1, 0.15) is 91.4 Å². The normalized spacial score (nSPS) is 14.6. The molecule has 0 spiro atoms. The Morgan fingerprint density at radius 2 is 1.34 bits per heavy atom. The molecule has 0 aromatic rings. The van der Waals surface area contributed by atoms with Gasteiger partial charge in [0.05, 0.1) is 12.1 Å². The van der Waals surface area contributed by atoms with Crippen molar-refractivity contribution >= 4 is 30.0 Å². The monoisotopic (exact) mass is 498 g/mol. The van der Waals surface area contributed by atoms with Crippen LogP contribution in [0.2, 0.25) is 1.41 Å². The molecular formula is C24H47N7O4. The molecular weight excluding hydrogens is 450 g/mol. The molecule has 0 radical (unpaired) electrons. The molecule has 202 valence electrons. The highest BCUT2D eigenvalue weighted by atomic mass is 16.2. The Labute approximate surface area is 211 Å². The van der Waals surface area contributed by atoms with Crippen LogP contribution >= 0.6 is 0 Å². The van der Waals surface area contributed by atoms with Crippen LogP contribution in [-0.2, 0) is 19.2 Å². The van der Waals surface area contributed by atoms with E-state index in [1.807, 2.05) is 20.8 Å². The van der Waals surface area contributed by atoms with Gasteiger partial charge in [-0.25, -0.2) is 0 Å². The van der Waals surface area contributed by atoms with Crippen molar-refractivity contribution < 1.29 is 20.6 Å². The number of carbonyl (C=O) groups is 4. The second-order valence-electron chi connectivity index (χ2n) is 8.78. The first-order valence-corrected chi connectivity index (χ1v) is 12.8. The number of guanidine groups is 1. The van der Waals surface area contributed by atoms with Crippen LogP contribution in [0.15, 0.2) is 4.99 Å². The lowest BCUT2D eigenvalue weighted by molar-refractivity contribution is -0.133. The molecule has 0 bridgehead atoms. The van der Waals surface area contributed by atoms with Crippen molar-refractivity contribution in [2.45, 2.75) is 116 Å². The van der Waals surface area contributed by atoms with Crippen molar-refractivity contribution in [1.29, 1.82) is 0 Å². The summed E-state index contributed by atoms with van der Waals surface area (Å²) in [4.78, 5) is 54.3. The summed E-state index contributed by atoms with van der Waals surface area (Å²) in [7, 11) is 0. The maximum Gasteiger partial charge on any atom is 0.243 e. The molecule has 0 saturated carbocycles. The van der Waals surface area contributed by atoms with Crippen LogP contribution in [-0.4, -0.2) is 60.7 Å². The first-order valence-electron chi connectivity index (χ1n) is 13.3. The molecule has 0 aliphatic heterocycles. The lowest BCUT2D eigenvalue weighted by Crippen LogP contribution is -2.56. The molecule has 4 atom stereocenters. The Kier molecular flexibility index (Phi) is 17.0. The third-order valence-corrected chi connectivity index (χ3v) is 5.55. The van der Waals surface area contributed by atoms with E-state index in [1.165, 1.54) is 0 Å². The first kappa shape index (κ1) is 30.3. The van der Waals surface area contributed by atoms with Crippen molar-refractivity contribution in [3.8, 4) is 0 Å². The Morgan fingerprint density at radius 3 is 1.91 bits per heavy atom. The molecule has 0 unspecified atom stereocenters. The van der Waals surface area contributed by atoms with Gasteiger partial charge in [0.2, 0.25) is 17.7 Å². The Morgan fingerprint density at radius 1 is 0.829 bits per heavy atom. The maximum absolute atomic E-state index is 13.2. The van der Waals surface area contributed by atoms with Gasteiger partial charge in [0.15, 0.2) is 7.37 Å². The van der Waals surface area contributed by atoms with Gasteiger partial charge < -0.3 is 37.9 Å². The molecule has 0 fully saturated rings. The fraction of sp³-hybridized carbons (Fsp3) is 0.792. The van der Waals surface area contributed by atoms with Crippen LogP contribution in [0.3, 0.4) is 0 Å². The number of nitrogens with one attached hydrogen (secondary N) is 3. The highest BCUT2D eigenvalue weighted by Gasteiger charge is 2.28. The third kappa shape index (κ3) is 15.0. The zero-order valence-electron chi connectivity index (χ0n) is 22.6. The highest BCUT2D eigenvalue weighted by molar-refractivity contribution is 5.93. The summed E-state index contributed by atoms with van der Waals surface area (Å²) >= 11 is 0. The van der Waals surface area contributed by atoms with E-state index < -0.39 is 41.9 Å². The minimum absolute atomic E-state index is 0.0739. The summed E-state index contributed by atoms with van der Waals surface area (Å²) in [6.07, 6.45) is 6.97. The number of rotatable bonds is 20. The number of amides is 3. The summed E-state index contributed by atoms with van der Waals surface area (Å²) in [5.74, 6) is -1.75. The first-order chi connectivity index (χ1) is 17.1. The van der Waals surface area contributed by atoms with E-state index in [2.05, 4.69) is 15.6 Å². The highest BCUT2D eigenvalue weighted by Crippen LogP contribution is 2.07. The fourth-order valence-corrected chi connectivity index (χ4v) is 3.37. The summed E-state index contributed by atoms with van der Waals surface area (Å²) < 4.78 is 8.22. The molecule has 0 aromatic heterocycles. The van der Waals surface area contributed by atoms with E-state index in [0.717, 1.165) is 25.7 Å². The van der Waals surface area contributed by atoms with Crippen molar-refractivity contribution in [2.24, 2.45) is 22.2 Å². The minimum Gasteiger partial charge on any atom is -0.370 e. The van der Waals surface area contributed by atoms with Crippen LogP contribution in [0, 0.1) is 0 Å². The van der Waals surface area contributed by atoms with Crippen molar-refractivity contribution in [3.63, 3.8) is 0 Å². The molecule has 11 nitrogen and oxygen atoms in total. The second kappa shape index (κ2) is 19.6. The average molecular weight is 499 g/mol. The Bertz CT molecular complexity index is 704. The molecule has 0 aliphatic carbocycles. The van der Waals surface area contributed by atoms with E-state index in [9.17, 15) is 19.2 Å². The predicted octanol–water partition coefficient (Wildman–Crippen LogP) is 0.591. The molecule has 11 heteroatoms. The zero-order chi connectivity index (χ0) is 27.5. The van der Waals surface area contributed by atoms with Gasteiger partial charge in [-0.15, -0.1) is 0 Å². The van der Waals surface area contributed by atoms with E-state index in [1.54, 1.807) is 0 Å². The van der Waals surface area contributed by atoms with Gasteiger partial charge in [-0.05, 0) is 32.1 Å². The molecule has 9 N–H and O–H groups in total. The number of nitrogens with two attached hydrogens (primary N) is 3. The summed E-state index contributed by atoms with van der Waals surface area (Å²) in [5.41, 5.74) is 16.7. The number of hydrogen-bond acceptors (Lipinski definition) is 6. The number of aldehydes is 1. The van der Waals surface area contributed by atoms with E-state index in [-0.39, 0.29) is 18.9 Å². The van der Waals surface area contributed by atoms with Gasteiger partial charge in [-0.3, -0.25) is 19.4 Å². The summed E-state index contributed by atoms with van der Waals surface area (Å²) in [5, 5.41) is 6.05. The van der Waals surface area contributed by atoms with E-state index >= 15 is 0 Å².